The number of carbonyl (C=O) groups excluding carboxylic acids is 2. The van der Waals surface area contributed by atoms with Crippen LogP contribution in [-0.2, 0) is 14.1 Å². The molecule has 0 spiro atoms. The van der Waals surface area contributed by atoms with Crippen LogP contribution in [0.4, 0.5) is 0 Å². The van der Waals surface area contributed by atoms with Gasteiger partial charge in [0.05, 0.1) is 25.3 Å². The molecule has 0 aliphatic rings. The number of aldehydes is 2. The third-order valence-electron chi connectivity index (χ3n) is 7.27. The van der Waals surface area contributed by atoms with E-state index in [2.05, 4.69) is 9.13 Å². The maximum atomic E-state index is 12.5. The van der Waals surface area contributed by atoms with Crippen LogP contribution in [0.25, 0.3) is 54.7 Å². The quantitative estimate of drug-likeness (QED) is 0.275. The molecule has 36 heavy (non-hydrogen) atoms. The van der Waals surface area contributed by atoms with Gasteiger partial charge in [-0.2, -0.15) is 0 Å². The number of methoxy groups -OCH3 is 2. The molecule has 2 aromatic heterocycles. The van der Waals surface area contributed by atoms with Crippen molar-refractivity contribution in [2.75, 3.05) is 14.2 Å². The second-order valence-corrected chi connectivity index (χ2v) is 8.93. The van der Waals surface area contributed by atoms with Gasteiger partial charge in [-0.1, -0.05) is 36.4 Å². The second-order valence-electron chi connectivity index (χ2n) is 8.93. The van der Waals surface area contributed by atoms with Crippen molar-refractivity contribution < 1.29 is 19.1 Å². The van der Waals surface area contributed by atoms with Crippen molar-refractivity contribution >= 4 is 56.2 Å². The minimum atomic E-state index is 0.426. The van der Waals surface area contributed by atoms with Crippen LogP contribution in [0.3, 0.4) is 0 Å². The van der Waals surface area contributed by atoms with E-state index in [1.54, 1.807) is 14.2 Å². The molecule has 178 valence electrons. The summed E-state index contributed by atoms with van der Waals surface area (Å²) in [4.78, 5) is 25.1. The fourth-order valence-electron chi connectivity index (χ4n) is 5.74. The van der Waals surface area contributed by atoms with Gasteiger partial charge >= 0.3 is 0 Å². The van der Waals surface area contributed by atoms with Crippen molar-refractivity contribution in [3.8, 4) is 22.6 Å². The first-order chi connectivity index (χ1) is 17.5. The van der Waals surface area contributed by atoms with Crippen LogP contribution >= 0.6 is 0 Å². The van der Waals surface area contributed by atoms with E-state index in [4.69, 9.17) is 9.47 Å². The molecule has 0 atom stereocenters. The number of ether oxygens (including phenoxy) is 2. The van der Waals surface area contributed by atoms with Crippen molar-refractivity contribution in [1.82, 2.24) is 9.13 Å². The molecule has 0 N–H and O–H groups in total. The van der Waals surface area contributed by atoms with Crippen LogP contribution < -0.4 is 9.47 Å². The molecule has 0 aliphatic heterocycles. The molecule has 0 fully saturated rings. The van der Waals surface area contributed by atoms with Gasteiger partial charge in [0.15, 0.2) is 24.1 Å². The van der Waals surface area contributed by atoms with E-state index in [1.807, 2.05) is 74.8 Å². The number of carbonyl (C=O) groups is 2. The van der Waals surface area contributed by atoms with Gasteiger partial charge in [-0.3, -0.25) is 9.59 Å². The lowest BCUT2D eigenvalue weighted by atomic mass is 9.91. The zero-order chi connectivity index (χ0) is 25.1. The molecule has 6 aromatic rings. The fourth-order valence-corrected chi connectivity index (χ4v) is 5.74. The topological polar surface area (TPSA) is 62.5 Å². The summed E-state index contributed by atoms with van der Waals surface area (Å²) in [6.07, 6.45) is 1.64. The van der Waals surface area contributed by atoms with Crippen molar-refractivity contribution in [2.24, 2.45) is 14.1 Å². The first-order valence-corrected chi connectivity index (χ1v) is 11.6. The molecule has 0 aliphatic carbocycles. The summed E-state index contributed by atoms with van der Waals surface area (Å²) in [5.41, 5.74) is 5.66. The van der Waals surface area contributed by atoms with Gasteiger partial charge < -0.3 is 18.6 Å². The molecule has 0 radical (unpaired) electrons. The monoisotopic (exact) mass is 476 g/mol. The van der Waals surface area contributed by atoms with Crippen molar-refractivity contribution in [1.29, 1.82) is 0 Å². The Hall–Kier alpha value is -4.58. The third-order valence-corrected chi connectivity index (χ3v) is 7.27. The smallest absolute Gasteiger partial charge is 0.151 e. The molecule has 2 heterocycles. The molecule has 6 nitrogen and oxygen atoms in total. The number of benzene rings is 4. The highest BCUT2D eigenvalue weighted by Gasteiger charge is 2.28. The third kappa shape index (κ3) is 2.72. The lowest BCUT2D eigenvalue weighted by Crippen LogP contribution is -2.03. The Morgan fingerprint density at radius 1 is 0.611 bits per heavy atom. The van der Waals surface area contributed by atoms with E-state index in [1.165, 1.54) is 0 Å². The first-order valence-electron chi connectivity index (χ1n) is 11.6. The SMILES string of the molecule is COc1c(-c2c(C=O)cc3c4ccccc4n(C)c3c2OC)c(C=O)cc2c3ccccc3n(C)c12. The zero-order valence-corrected chi connectivity index (χ0v) is 20.5. The maximum Gasteiger partial charge on any atom is 0.151 e. The molecule has 0 saturated heterocycles. The molecule has 0 saturated carbocycles. The fraction of sp³-hybridized carbons (Fsp3) is 0.133. The van der Waals surface area contributed by atoms with E-state index in [-0.39, 0.29) is 0 Å². The van der Waals surface area contributed by atoms with Crippen molar-refractivity contribution in [3.05, 3.63) is 71.8 Å². The number of para-hydroxylation sites is 2. The Morgan fingerprint density at radius 2 is 1.00 bits per heavy atom. The number of aryl methyl sites for hydroxylation is 2. The Morgan fingerprint density at radius 3 is 1.36 bits per heavy atom. The number of fused-ring (bicyclic) bond motifs is 6. The van der Waals surface area contributed by atoms with Gasteiger partial charge in [0.25, 0.3) is 0 Å². The van der Waals surface area contributed by atoms with E-state index >= 15 is 0 Å². The normalized spacial score (nSPS) is 11.6. The summed E-state index contributed by atoms with van der Waals surface area (Å²) >= 11 is 0. The summed E-state index contributed by atoms with van der Waals surface area (Å²) in [7, 11) is 7.13. The molecular formula is C30H24N2O4. The lowest BCUT2D eigenvalue weighted by Gasteiger charge is -2.19. The van der Waals surface area contributed by atoms with E-state index in [9.17, 15) is 9.59 Å². The van der Waals surface area contributed by atoms with Crippen LogP contribution in [0.5, 0.6) is 11.5 Å². The van der Waals surface area contributed by atoms with E-state index in [0.717, 1.165) is 56.2 Å². The standard InChI is InChI=1S/C30H24N2O4/c1-31-23-11-7-5-9-19(23)21-13-17(15-33)25(29(35-3)27(21)31)26-18(16-34)14-22-20-10-6-8-12-24(20)32(2)28(22)30(26)36-4/h5-16H,1-4H3. The Balaban J connectivity index is 1.86. The number of nitrogens with zero attached hydrogens (tertiary/aromatic N) is 2. The molecule has 4 aromatic carbocycles. The summed E-state index contributed by atoms with van der Waals surface area (Å²) in [6.45, 7) is 0. The Kier molecular flexibility index (Phi) is 4.86. The van der Waals surface area contributed by atoms with Crippen molar-refractivity contribution in [2.45, 2.75) is 0 Å². The minimum Gasteiger partial charge on any atom is -0.494 e. The van der Waals surface area contributed by atoms with Gasteiger partial charge in [-0.25, -0.2) is 0 Å². The molecule has 0 unspecified atom stereocenters. The average molecular weight is 477 g/mol. The zero-order valence-electron chi connectivity index (χ0n) is 20.5. The molecular weight excluding hydrogens is 452 g/mol. The van der Waals surface area contributed by atoms with Crippen molar-refractivity contribution in [3.63, 3.8) is 0 Å². The highest BCUT2D eigenvalue weighted by Crippen LogP contribution is 2.49. The van der Waals surface area contributed by atoms with Crippen LogP contribution in [-0.4, -0.2) is 35.9 Å². The number of aromatic nitrogens is 2. The molecule has 0 amide bonds. The molecule has 6 rings (SSSR count). The predicted octanol–water partition coefficient (Wildman–Crippen LogP) is 6.29. The van der Waals surface area contributed by atoms with Crippen LogP contribution in [0, 0.1) is 0 Å². The summed E-state index contributed by atoms with van der Waals surface area (Å²) in [6, 6.07) is 19.8. The summed E-state index contributed by atoms with van der Waals surface area (Å²) in [5, 5.41) is 3.87. The van der Waals surface area contributed by atoms with Crippen LogP contribution in [0.2, 0.25) is 0 Å². The van der Waals surface area contributed by atoms with Gasteiger partial charge in [0, 0.05) is 68.9 Å². The highest BCUT2D eigenvalue weighted by atomic mass is 16.5. The maximum absolute atomic E-state index is 12.5. The average Bonchev–Trinajstić information content (AvgIpc) is 3.37. The van der Waals surface area contributed by atoms with E-state index in [0.29, 0.717) is 33.8 Å². The Bertz CT molecular complexity index is 1740. The number of hydrogen-bond acceptors (Lipinski definition) is 4. The number of rotatable bonds is 5. The van der Waals surface area contributed by atoms with Gasteiger partial charge in [-0.05, 0) is 24.3 Å². The number of hydrogen-bond donors (Lipinski definition) is 0. The summed E-state index contributed by atoms with van der Waals surface area (Å²) in [5.74, 6) is 1.04. The Labute approximate surface area is 207 Å². The molecule has 0 bridgehead atoms. The van der Waals surface area contributed by atoms with Crippen LogP contribution in [0.15, 0.2) is 60.7 Å². The lowest BCUT2D eigenvalue weighted by molar-refractivity contribution is 0.111. The first kappa shape index (κ1) is 21.9. The highest BCUT2D eigenvalue weighted by molar-refractivity contribution is 6.19. The minimum absolute atomic E-state index is 0.426. The van der Waals surface area contributed by atoms with Gasteiger partial charge in [0.1, 0.15) is 0 Å². The molecule has 6 heteroatoms. The largest absolute Gasteiger partial charge is 0.494 e. The second kappa shape index (κ2) is 7.99. The van der Waals surface area contributed by atoms with Gasteiger partial charge in [0.2, 0.25) is 0 Å². The van der Waals surface area contributed by atoms with Gasteiger partial charge in [-0.15, -0.1) is 0 Å². The summed E-state index contributed by atoms with van der Waals surface area (Å²) < 4.78 is 16.1. The van der Waals surface area contributed by atoms with Crippen LogP contribution in [0.1, 0.15) is 20.7 Å². The van der Waals surface area contributed by atoms with E-state index < -0.39 is 0 Å². The predicted molar refractivity (Wildman–Crippen MR) is 144 cm³/mol.